The molecular formula is C30H43N3O4S. The Morgan fingerprint density at radius 3 is 2.42 bits per heavy atom. The van der Waals surface area contributed by atoms with E-state index < -0.39 is 16.0 Å². The van der Waals surface area contributed by atoms with Crippen LogP contribution >= 0.6 is 0 Å². The molecule has 4 rings (SSSR count). The number of carbonyl (C=O) groups is 1. The molecule has 3 N–H and O–H groups in total. The lowest BCUT2D eigenvalue weighted by Crippen LogP contribution is -2.43. The average molecular weight is 542 g/mol. The van der Waals surface area contributed by atoms with Gasteiger partial charge in [-0.2, -0.15) is 0 Å². The molecule has 0 amide bonds. The number of likely N-dealkylation sites (tertiary alicyclic amines) is 1. The number of anilines is 2. The molecule has 0 saturated carbocycles. The van der Waals surface area contributed by atoms with E-state index in [-0.39, 0.29) is 27.5 Å². The maximum Gasteiger partial charge on any atom is 0.338 e. The van der Waals surface area contributed by atoms with E-state index in [0.29, 0.717) is 12.2 Å². The number of piperidine rings is 1. The maximum absolute atomic E-state index is 13.7. The molecule has 2 aromatic carbocycles. The third kappa shape index (κ3) is 6.18. The predicted octanol–water partition coefficient (Wildman–Crippen LogP) is 6.33. The molecule has 7 nitrogen and oxygen atoms in total. The molecule has 2 aliphatic rings. The zero-order valence-corrected chi connectivity index (χ0v) is 23.9. The fraction of sp³-hybridized carbons (Fsp3) is 0.567. The van der Waals surface area contributed by atoms with Crippen LogP contribution in [0.1, 0.15) is 93.1 Å². The Balaban J connectivity index is 1.60. The molecule has 208 valence electrons. The largest absolute Gasteiger partial charge is 0.478 e. The van der Waals surface area contributed by atoms with Gasteiger partial charge in [-0.25, -0.2) is 13.2 Å². The Bertz CT molecular complexity index is 1230. The summed E-state index contributed by atoms with van der Waals surface area (Å²) in [5, 5.41) is 13.5. The number of hydrogen-bond donors (Lipinski definition) is 3. The van der Waals surface area contributed by atoms with E-state index in [1.54, 1.807) is 24.3 Å². The molecule has 1 unspecified atom stereocenters. The summed E-state index contributed by atoms with van der Waals surface area (Å²) < 4.78 is 30.0. The van der Waals surface area contributed by atoms with Crippen LogP contribution in [0.15, 0.2) is 41.3 Å². The Morgan fingerprint density at radius 1 is 1.03 bits per heavy atom. The Morgan fingerprint density at radius 2 is 1.74 bits per heavy atom. The molecule has 1 aliphatic carbocycles. The summed E-state index contributed by atoms with van der Waals surface area (Å²) in [6, 6.07) is 10.4. The number of sulfonamides is 1. The van der Waals surface area contributed by atoms with Crippen LogP contribution < -0.4 is 10.0 Å². The quantitative estimate of drug-likeness (QED) is 0.307. The zero-order valence-electron chi connectivity index (χ0n) is 23.1. The van der Waals surface area contributed by atoms with Crippen molar-refractivity contribution in [3.05, 3.63) is 53.1 Å². The van der Waals surface area contributed by atoms with Crippen molar-refractivity contribution >= 4 is 27.4 Å². The second-order valence-electron chi connectivity index (χ2n) is 11.2. The van der Waals surface area contributed by atoms with E-state index in [9.17, 15) is 18.3 Å². The van der Waals surface area contributed by atoms with Gasteiger partial charge in [0.15, 0.2) is 0 Å². The second-order valence-corrected chi connectivity index (χ2v) is 12.8. The van der Waals surface area contributed by atoms with Crippen LogP contribution in [0.3, 0.4) is 0 Å². The summed E-state index contributed by atoms with van der Waals surface area (Å²) in [6.45, 7) is 10.4. The maximum atomic E-state index is 13.7. The van der Waals surface area contributed by atoms with Crippen molar-refractivity contribution in [3.8, 4) is 0 Å². The number of nitrogens with zero attached hydrogens (tertiary/aromatic N) is 1. The number of rotatable bonds is 11. The van der Waals surface area contributed by atoms with Crippen LogP contribution in [-0.4, -0.2) is 50.6 Å². The number of hydrogen-bond acceptors (Lipinski definition) is 5. The number of fused-ring (bicyclic) bond motifs is 1. The summed E-state index contributed by atoms with van der Waals surface area (Å²) in [6.07, 6.45) is 8.48. The van der Waals surface area contributed by atoms with E-state index in [4.69, 9.17) is 0 Å². The van der Waals surface area contributed by atoms with Gasteiger partial charge in [0.1, 0.15) is 4.90 Å². The summed E-state index contributed by atoms with van der Waals surface area (Å²) >= 11 is 0. The van der Waals surface area contributed by atoms with E-state index in [2.05, 4.69) is 28.8 Å². The van der Waals surface area contributed by atoms with Crippen molar-refractivity contribution in [3.63, 3.8) is 0 Å². The minimum atomic E-state index is -4.04. The fourth-order valence-corrected chi connectivity index (χ4v) is 7.46. The average Bonchev–Trinajstić information content (AvgIpc) is 2.91. The predicted molar refractivity (Wildman–Crippen MR) is 154 cm³/mol. The molecule has 0 aromatic heterocycles. The van der Waals surface area contributed by atoms with Gasteiger partial charge in [-0.1, -0.05) is 45.4 Å². The standard InChI is InChI=1S/C30H43N3O4S/c1-4-30(5-2,21-33-18-9-6-10-19-33)20-31-24-14-7-8-15-26(24)38(36,37)32-25-17-16-23-13-11-12-22(3)27(23)28(25)29(34)35/h7-8,14-17,22,31-32H,4-6,9-13,18-21H2,1-3H3,(H,34,35). The van der Waals surface area contributed by atoms with Gasteiger partial charge in [-0.15, -0.1) is 0 Å². The van der Waals surface area contributed by atoms with Crippen LogP contribution in [0.2, 0.25) is 0 Å². The van der Waals surface area contributed by atoms with Crippen molar-refractivity contribution in [2.45, 2.75) is 83.0 Å². The van der Waals surface area contributed by atoms with Crippen LogP contribution in [-0.2, 0) is 16.4 Å². The lowest BCUT2D eigenvalue weighted by molar-refractivity contribution is 0.0696. The van der Waals surface area contributed by atoms with Gasteiger partial charge < -0.3 is 15.3 Å². The minimum Gasteiger partial charge on any atom is -0.478 e. The van der Waals surface area contributed by atoms with E-state index in [1.807, 2.05) is 19.1 Å². The molecule has 2 aromatic rings. The van der Waals surface area contributed by atoms with Crippen molar-refractivity contribution in [2.24, 2.45) is 5.41 Å². The van der Waals surface area contributed by atoms with Gasteiger partial charge >= 0.3 is 5.97 Å². The highest BCUT2D eigenvalue weighted by molar-refractivity contribution is 7.92. The number of para-hydroxylation sites is 1. The fourth-order valence-electron chi connectivity index (χ4n) is 6.20. The number of aromatic carboxylic acids is 1. The molecule has 1 fully saturated rings. The first-order valence-corrected chi connectivity index (χ1v) is 15.6. The molecule has 1 atom stereocenters. The summed E-state index contributed by atoms with van der Waals surface area (Å²) in [7, 11) is -4.04. The van der Waals surface area contributed by atoms with E-state index in [0.717, 1.165) is 62.9 Å². The van der Waals surface area contributed by atoms with Gasteiger partial charge in [-0.3, -0.25) is 4.72 Å². The van der Waals surface area contributed by atoms with Crippen LogP contribution in [0.5, 0.6) is 0 Å². The van der Waals surface area contributed by atoms with E-state index >= 15 is 0 Å². The Hall–Kier alpha value is -2.58. The van der Waals surface area contributed by atoms with Crippen LogP contribution in [0.4, 0.5) is 11.4 Å². The summed E-state index contributed by atoms with van der Waals surface area (Å²) in [4.78, 5) is 15.0. The van der Waals surface area contributed by atoms with Crippen molar-refractivity contribution in [1.82, 2.24) is 4.90 Å². The molecule has 1 aliphatic heterocycles. The van der Waals surface area contributed by atoms with Crippen molar-refractivity contribution in [1.29, 1.82) is 0 Å². The molecule has 0 bridgehead atoms. The lowest BCUT2D eigenvalue weighted by Gasteiger charge is -2.39. The van der Waals surface area contributed by atoms with Gasteiger partial charge in [0.25, 0.3) is 10.0 Å². The molecule has 1 saturated heterocycles. The van der Waals surface area contributed by atoms with Gasteiger partial charge in [0.05, 0.1) is 16.9 Å². The molecule has 8 heteroatoms. The minimum absolute atomic E-state index is 0.0345. The monoisotopic (exact) mass is 541 g/mol. The number of nitrogens with one attached hydrogen (secondary N) is 2. The topological polar surface area (TPSA) is 98.7 Å². The molecule has 38 heavy (non-hydrogen) atoms. The molecular weight excluding hydrogens is 498 g/mol. The van der Waals surface area contributed by atoms with Crippen LogP contribution in [0, 0.1) is 5.41 Å². The van der Waals surface area contributed by atoms with Crippen molar-refractivity contribution < 1.29 is 18.3 Å². The van der Waals surface area contributed by atoms with Gasteiger partial charge in [0.2, 0.25) is 0 Å². The SMILES string of the molecule is CCC(CC)(CNc1ccccc1S(=O)(=O)Nc1ccc2c(c1C(=O)O)C(C)CCC2)CN1CCCCC1. The second kappa shape index (κ2) is 12.1. The normalized spacial score (nSPS) is 18.6. The third-order valence-electron chi connectivity index (χ3n) is 8.71. The number of carboxylic acids is 1. The molecule has 0 radical (unpaired) electrons. The lowest BCUT2D eigenvalue weighted by atomic mass is 9.80. The first-order chi connectivity index (χ1) is 18.2. The highest BCUT2D eigenvalue weighted by Gasteiger charge is 2.31. The zero-order chi connectivity index (χ0) is 27.3. The summed E-state index contributed by atoms with van der Waals surface area (Å²) in [5.74, 6) is -1.03. The summed E-state index contributed by atoms with van der Waals surface area (Å²) in [5.41, 5.74) is 2.52. The molecule has 0 spiro atoms. The highest BCUT2D eigenvalue weighted by atomic mass is 32.2. The molecule has 1 heterocycles. The first-order valence-electron chi connectivity index (χ1n) is 14.2. The Labute approximate surface area is 228 Å². The van der Waals surface area contributed by atoms with Crippen LogP contribution in [0.25, 0.3) is 0 Å². The third-order valence-corrected chi connectivity index (χ3v) is 10.1. The highest BCUT2D eigenvalue weighted by Crippen LogP contribution is 2.38. The number of benzene rings is 2. The Kier molecular flexibility index (Phi) is 9.04. The number of aryl methyl sites for hydroxylation is 1. The van der Waals surface area contributed by atoms with Gasteiger partial charge in [0, 0.05) is 13.1 Å². The van der Waals surface area contributed by atoms with E-state index in [1.165, 1.54) is 19.3 Å². The van der Waals surface area contributed by atoms with Gasteiger partial charge in [-0.05, 0) is 98.7 Å². The smallest absolute Gasteiger partial charge is 0.338 e. The number of carboxylic acid groups (broad SMARTS) is 1. The van der Waals surface area contributed by atoms with Crippen molar-refractivity contribution in [2.75, 3.05) is 36.2 Å². The first kappa shape index (κ1) is 28.4.